The number of rotatable bonds is 5. The van der Waals surface area contributed by atoms with Crippen LogP contribution in [-0.4, -0.2) is 30.5 Å². The zero-order valence-electron chi connectivity index (χ0n) is 13.5. The van der Waals surface area contributed by atoms with Crippen molar-refractivity contribution in [3.8, 4) is 11.3 Å². The summed E-state index contributed by atoms with van der Waals surface area (Å²) in [7, 11) is 0. The monoisotopic (exact) mass is 330 g/mol. The molecule has 0 spiro atoms. The molecule has 1 fully saturated rings. The number of pyridine rings is 1. The first-order valence-corrected chi connectivity index (χ1v) is 9.10. The first kappa shape index (κ1) is 16.3. The molecule has 2 unspecified atom stereocenters. The minimum absolute atomic E-state index is 0.157. The van der Waals surface area contributed by atoms with E-state index in [1.807, 2.05) is 25.1 Å². The summed E-state index contributed by atoms with van der Waals surface area (Å²) in [5, 5.41) is 3.42. The van der Waals surface area contributed by atoms with E-state index < -0.39 is 0 Å². The van der Waals surface area contributed by atoms with Crippen molar-refractivity contribution in [1.29, 1.82) is 0 Å². The van der Waals surface area contributed by atoms with Gasteiger partial charge in [-0.25, -0.2) is 14.8 Å². The van der Waals surface area contributed by atoms with Gasteiger partial charge in [-0.1, -0.05) is 18.2 Å². The Hall–Kier alpha value is -1.56. The van der Waals surface area contributed by atoms with Crippen LogP contribution in [0.4, 0.5) is 5.82 Å². The number of nitrogens with zero attached hydrogens (tertiary/aromatic N) is 1. The summed E-state index contributed by atoms with van der Waals surface area (Å²) in [5.41, 5.74) is 2.12. The molecule has 2 heterocycles. The summed E-state index contributed by atoms with van der Waals surface area (Å²) in [6, 6.07) is 14.6. The fraction of sp³-hybridized carbons (Fsp3) is 0.389. The molecule has 5 heteroatoms. The Bertz CT molecular complexity index is 633. The lowest BCUT2D eigenvalue weighted by atomic mass is 10.0. The fourth-order valence-electron chi connectivity index (χ4n) is 2.68. The molecule has 0 saturated carbocycles. The predicted octanol–water partition coefficient (Wildman–Crippen LogP) is 4.24. The van der Waals surface area contributed by atoms with Gasteiger partial charge in [-0.05, 0) is 43.9 Å². The number of benzene rings is 1. The van der Waals surface area contributed by atoms with Crippen LogP contribution in [0.1, 0.15) is 13.3 Å². The van der Waals surface area contributed by atoms with Crippen LogP contribution in [0, 0.1) is 5.92 Å². The molecule has 1 aromatic carbocycles. The van der Waals surface area contributed by atoms with Crippen molar-refractivity contribution in [3.63, 3.8) is 0 Å². The first-order chi connectivity index (χ1) is 11.2. The summed E-state index contributed by atoms with van der Waals surface area (Å²) in [6.07, 6.45) is 3.24. The zero-order valence-corrected chi connectivity index (χ0v) is 14.3. The van der Waals surface area contributed by atoms with E-state index in [9.17, 15) is 0 Å². The summed E-state index contributed by atoms with van der Waals surface area (Å²) in [5.74, 6) is 1.35. The van der Waals surface area contributed by atoms with Crippen LogP contribution in [-0.2, 0) is 9.78 Å². The summed E-state index contributed by atoms with van der Waals surface area (Å²) in [4.78, 5) is 16.2. The summed E-state index contributed by atoms with van der Waals surface area (Å²) in [6.45, 7) is 3.51. The van der Waals surface area contributed by atoms with E-state index in [-0.39, 0.29) is 6.10 Å². The van der Waals surface area contributed by atoms with Gasteiger partial charge in [-0.2, -0.15) is 0 Å². The maximum absolute atomic E-state index is 5.14. The Morgan fingerprint density at radius 2 is 2.04 bits per heavy atom. The zero-order chi connectivity index (χ0) is 16.1. The minimum atomic E-state index is 0.157. The van der Waals surface area contributed by atoms with Crippen LogP contribution in [0.5, 0.6) is 0 Å². The van der Waals surface area contributed by atoms with Crippen molar-refractivity contribution in [3.05, 3.63) is 42.5 Å². The number of thioether (sulfide) groups is 1. The maximum atomic E-state index is 5.14. The normalized spacial score (nSPS) is 21.1. The van der Waals surface area contributed by atoms with Gasteiger partial charge in [0.2, 0.25) is 0 Å². The van der Waals surface area contributed by atoms with Crippen LogP contribution in [0.15, 0.2) is 47.4 Å². The number of anilines is 1. The Morgan fingerprint density at radius 1 is 1.22 bits per heavy atom. The van der Waals surface area contributed by atoms with E-state index in [4.69, 9.17) is 14.8 Å². The highest BCUT2D eigenvalue weighted by molar-refractivity contribution is 7.98. The highest BCUT2D eigenvalue weighted by Crippen LogP contribution is 2.23. The van der Waals surface area contributed by atoms with Gasteiger partial charge in [-0.15, -0.1) is 11.8 Å². The van der Waals surface area contributed by atoms with Crippen molar-refractivity contribution in [1.82, 2.24) is 4.98 Å². The molecule has 4 nitrogen and oxygen atoms in total. The number of hydrogen-bond donors (Lipinski definition) is 1. The van der Waals surface area contributed by atoms with Gasteiger partial charge < -0.3 is 5.32 Å². The molecule has 122 valence electrons. The smallest absolute Gasteiger partial charge is 0.126 e. The topological polar surface area (TPSA) is 43.4 Å². The summed E-state index contributed by atoms with van der Waals surface area (Å²) < 4.78 is 0. The van der Waals surface area contributed by atoms with E-state index >= 15 is 0 Å². The van der Waals surface area contributed by atoms with Gasteiger partial charge in [0, 0.05) is 22.9 Å². The highest BCUT2D eigenvalue weighted by Gasteiger charge is 2.20. The average Bonchev–Trinajstić information content (AvgIpc) is 2.60. The highest BCUT2D eigenvalue weighted by atomic mass is 32.2. The van der Waals surface area contributed by atoms with E-state index in [0.717, 1.165) is 30.0 Å². The Balaban J connectivity index is 1.64. The summed E-state index contributed by atoms with van der Waals surface area (Å²) >= 11 is 1.75. The molecule has 0 amide bonds. The van der Waals surface area contributed by atoms with Crippen LogP contribution in [0.25, 0.3) is 11.3 Å². The van der Waals surface area contributed by atoms with Crippen LogP contribution in [0.3, 0.4) is 0 Å². The molecular formula is C18H22N2O2S. The van der Waals surface area contributed by atoms with E-state index in [1.165, 1.54) is 4.90 Å². The van der Waals surface area contributed by atoms with Crippen molar-refractivity contribution < 1.29 is 9.78 Å². The SMILES string of the molecule is CSc1ccc(-c2cccc(NCC3COOC(C)C3)n2)cc1. The predicted molar refractivity (Wildman–Crippen MR) is 94.5 cm³/mol. The molecule has 1 aromatic heterocycles. The van der Waals surface area contributed by atoms with Crippen molar-refractivity contribution in [2.75, 3.05) is 24.7 Å². The molecule has 0 bridgehead atoms. The molecule has 2 aromatic rings. The lowest BCUT2D eigenvalue weighted by molar-refractivity contribution is -0.350. The number of aromatic nitrogens is 1. The van der Waals surface area contributed by atoms with Gasteiger partial charge in [0.05, 0.1) is 18.4 Å². The third-order valence-electron chi connectivity index (χ3n) is 3.91. The molecule has 0 radical (unpaired) electrons. The quantitative estimate of drug-likeness (QED) is 0.656. The minimum Gasteiger partial charge on any atom is -0.370 e. The third kappa shape index (κ3) is 4.47. The van der Waals surface area contributed by atoms with Gasteiger partial charge >= 0.3 is 0 Å². The molecular weight excluding hydrogens is 308 g/mol. The first-order valence-electron chi connectivity index (χ1n) is 7.88. The van der Waals surface area contributed by atoms with Gasteiger partial charge in [0.1, 0.15) is 5.82 Å². The number of hydrogen-bond acceptors (Lipinski definition) is 5. The number of nitrogens with one attached hydrogen (secondary N) is 1. The largest absolute Gasteiger partial charge is 0.370 e. The lowest BCUT2D eigenvalue weighted by Crippen LogP contribution is -2.30. The van der Waals surface area contributed by atoms with E-state index in [2.05, 4.69) is 35.8 Å². The van der Waals surface area contributed by atoms with E-state index in [1.54, 1.807) is 11.8 Å². The van der Waals surface area contributed by atoms with Crippen LogP contribution in [0.2, 0.25) is 0 Å². The lowest BCUT2D eigenvalue weighted by Gasteiger charge is -2.26. The molecule has 1 N–H and O–H groups in total. The molecule has 3 rings (SSSR count). The fourth-order valence-corrected chi connectivity index (χ4v) is 3.08. The molecule has 1 saturated heterocycles. The average molecular weight is 330 g/mol. The van der Waals surface area contributed by atoms with Gasteiger partial charge in [0.15, 0.2) is 0 Å². The van der Waals surface area contributed by atoms with Gasteiger partial charge in [-0.3, -0.25) is 0 Å². The molecule has 1 aliphatic rings. The van der Waals surface area contributed by atoms with Crippen molar-refractivity contribution in [2.24, 2.45) is 5.92 Å². The van der Waals surface area contributed by atoms with E-state index in [0.29, 0.717) is 12.5 Å². The second-order valence-corrected chi connectivity index (χ2v) is 6.69. The van der Waals surface area contributed by atoms with Gasteiger partial charge in [0.25, 0.3) is 0 Å². The third-order valence-corrected chi connectivity index (χ3v) is 4.65. The Labute approximate surface area is 141 Å². The Kier molecular flexibility index (Phi) is 5.54. The van der Waals surface area contributed by atoms with Crippen molar-refractivity contribution >= 4 is 17.6 Å². The standard InChI is InChI=1S/C18H22N2O2S/c1-13-10-14(12-21-22-13)11-19-18-5-3-4-17(20-18)15-6-8-16(23-2)9-7-15/h3-9,13-14H,10-12H2,1-2H3,(H,19,20). The Morgan fingerprint density at radius 3 is 2.78 bits per heavy atom. The van der Waals surface area contributed by atoms with Crippen molar-refractivity contribution in [2.45, 2.75) is 24.3 Å². The second-order valence-electron chi connectivity index (χ2n) is 5.81. The molecule has 2 atom stereocenters. The van der Waals surface area contributed by atoms with Crippen LogP contribution < -0.4 is 5.32 Å². The molecule has 1 aliphatic heterocycles. The van der Waals surface area contributed by atoms with Crippen LogP contribution >= 0.6 is 11.8 Å². The maximum Gasteiger partial charge on any atom is 0.126 e. The molecule has 23 heavy (non-hydrogen) atoms. The second kappa shape index (κ2) is 7.81. The molecule has 0 aliphatic carbocycles.